The Morgan fingerprint density at radius 1 is 1.00 bits per heavy atom. The molecule has 0 saturated heterocycles. The monoisotopic (exact) mass is 453 g/mol. The van der Waals surface area contributed by atoms with E-state index in [-0.39, 0.29) is 28.3 Å². The number of furan rings is 1. The molecule has 0 fully saturated rings. The summed E-state index contributed by atoms with van der Waals surface area (Å²) in [5.74, 6) is -1.27. The molecule has 4 rings (SSSR count). The first-order chi connectivity index (χ1) is 15.3. The van der Waals surface area contributed by atoms with Gasteiger partial charge in [0.25, 0.3) is 11.8 Å². The van der Waals surface area contributed by atoms with E-state index in [2.05, 4.69) is 10.0 Å². The first kappa shape index (κ1) is 21.5. The number of rotatable bonds is 7. The largest absolute Gasteiger partial charge is 0.468 e. The van der Waals surface area contributed by atoms with Crippen LogP contribution in [-0.2, 0) is 21.4 Å². The second kappa shape index (κ2) is 8.40. The summed E-state index contributed by atoms with van der Waals surface area (Å²) >= 11 is 0. The number of anilines is 1. The SMILES string of the molecule is CC(C(=O)Nc1cccc(S(=O)(=O)NCc2ccco2)c1)N1C(=O)c2ccccc2C1=O. The van der Waals surface area contributed by atoms with Crippen LogP contribution >= 0.6 is 0 Å². The minimum Gasteiger partial charge on any atom is -0.468 e. The fourth-order valence-corrected chi connectivity index (χ4v) is 4.37. The second-order valence-corrected chi connectivity index (χ2v) is 8.89. The summed E-state index contributed by atoms with van der Waals surface area (Å²) in [6.07, 6.45) is 1.44. The quantitative estimate of drug-likeness (QED) is 0.529. The molecule has 1 aliphatic heterocycles. The Balaban J connectivity index is 1.47. The topological polar surface area (TPSA) is 126 Å². The number of amides is 3. The molecule has 10 heteroatoms. The van der Waals surface area contributed by atoms with E-state index in [1.54, 1.807) is 24.3 Å². The highest BCUT2D eigenvalue weighted by molar-refractivity contribution is 7.89. The van der Waals surface area contributed by atoms with Crippen LogP contribution in [0.5, 0.6) is 0 Å². The van der Waals surface area contributed by atoms with Gasteiger partial charge in [-0.25, -0.2) is 13.1 Å². The van der Waals surface area contributed by atoms with Crippen LogP contribution < -0.4 is 10.0 Å². The highest BCUT2D eigenvalue weighted by Crippen LogP contribution is 2.25. The number of sulfonamides is 1. The number of fused-ring (bicyclic) bond motifs is 1. The van der Waals surface area contributed by atoms with Crippen molar-refractivity contribution in [1.82, 2.24) is 9.62 Å². The van der Waals surface area contributed by atoms with Crippen molar-refractivity contribution in [1.29, 1.82) is 0 Å². The molecule has 3 aromatic rings. The van der Waals surface area contributed by atoms with Crippen molar-refractivity contribution < 1.29 is 27.2 Å². The van der Waals surface area contributed by atoms with Crippen LogP contribution in [0, 0.1) is 0 Å². The number of hydrogen-bond acceptors (Lipinski definition) is 6. The Labute approximate surface area is 184 Å². The van der Waals surface area contributed by atoms with Crippen molar-refractivity contribution in [3.8, 4) is 0 Å². The van der Waals surface area contributed by atoms with E-state index in [1.165, 1.54) is 49.6 Å². The van der Waals surface area contributed by atoms with E-state index in [0.717, 1.165) is 4.90 Å². The average Bonchev–Trinajstić information content (AvgIpc) is 3.39. The number of carbonyl (C=O) groups is 3. The summed E-state index contributed by atoms with van der Waals surface area (Å²) in [7, 11) is -3.86. The lowest BCUT2D eigenvalue weighted by atomic mass is 10.1. The van der Waals surface area contributed by atoms with Crippen LogP contribution in [0.1, 0.15) is 33.4 Å². The Morgan fingerprint density at radius 2 is 1.69 bits per heavy atom. The third-order valence-corrected chi connectivity index (χ3v) is 6.42. The molecule has 1 aromatic heterocycles. The minimum absolute atomic E-state index is 0.0251. The molecule has 32 heavy (non-hydrogen) atoms. The summed E-state index contributed by atoms with van der Waals surface area (Å²) in [6, 6.07) is 14.2. The van der Waals surface area contributed by atoms with Gasteiger partial charge in [-0.15, -0.1) is 0 Å². The lowest BCUT2D eigenvalue weighted by Gasteiger charge is -2.21. The zero-order valence-electron chi connectivity index (χ0n) is 16.9. The fourth-order valence-electron chi connectivity index (χ4n) is 3.33. The number of hydrogen-bond donors (Lipinski definition) is 2. The minimum atomic E-state index is -3.86. The maximum absolute atomic E-state index is 12.7. The van der Waals surface area contributed by atoms with Crippen molar-refractivity contribution in [3.05, 3.63) is 83.8 Å². The van der Waals surface area contributed by atoms with Gasteiger partial charge in [-0.2, -0.15) is 0 Å². The van der Waals surface area contributed by atoms with Gasteiger partial charge in [0.15, 0.2) is 0 Å². The van der Waals surface area contributed by atoms with Gasteiger partial charge in [0.05, 0.1) is 28.8 Å². The smallest absolute Gasteiger partial charge is 0.262 e. The summed E-state index contributed by atoms with van der Waals surface area (Å²) < 4.78 is 32.6. The van der Waals surface area contributed by atoms with E-state index < -0.39 is 33.8 Å². The maximum atomic E-state index is 12.7. The Kier molecular flexibility index (Phi) is 5.64. The van der Waals surface area contributed by atoms with Gasteiger partial charge in [-0.3, -0.25) is 19.3 Å². The van der Waals surface area contributed by atoms with E-state index >= 15 is 0 Å². The third kappa shape index (κ3) is 4.05. The standard InChI is InChI=1S/C22H19N3O6S/c1-14(25-21(27)18-9-2-3-10-19(18)22(25)28)20(26)24-15-6-4-8-17(12-15)32(29,30)23-13-16-7-5-11-31-16/h2-12,14,23H,13H2,1H3,(H,24,26). The molecule has 2 aromatic carbocycles. The average molecular weight is 453 g/mol. The lowest BCUT2D eigenvalue weighted by molar-refractivity contribution is -0.119. The van der Waals surface area contributed by atoms with Crippen LogP contribution in [0.4, 0.5) is 5.69 Å². The van der Waals surface area contributed by atoms with Gasteiger partial charge in [-0.1, -0.05) is 18.2 Å². The van der Waals surface area contributed by atoms with Crippen molar-refractivity contribution in [2.45, 2.75) is 24.4 Å². The molecule has 1 atom stereocenters. The molecule has 1 unspecified atom stereocenters. The van der Waals surface area contributed by atoms with Crippen LogP contribution in [0.3, 0.4) is 0 Å². The van der Waals surface area contributed by atoms with E-state index in [1.807, 2.05) is 0 Å². The summed E-state index contributed by atoms with van der Waals surface area (Å²) in [6.45, 7) is 1.41. The summed E-state index contributed by atoms with van der Waals surface area (Å²) in [4.78, 5) is 38.8. The molecular weight excluding hydrogens is 434 g/mol. The van der Waals surface area contributed by atoms with E-state index in [0.29, 0.717) is 5.76 Å². The van der Waals surface area contributed by atoms with Gasteiger partial charge in [0, 0.05) is 5.69 Å². The molecule has 0 spiro atoms. The zero-order chi connectivity index (χ0) is 22.9. The normalized spacial score (nSPS) is 14.3. The molecule has 0 radical (unpaired) electrons. The van der Waals surface area contributed by atoms with Crippen LogP contribution in [0.2, 0.25) is 0 Å². The van der Waals surface area contributed by atoms with Crippen molar-refractivity contribution in [3.63, 3.8) is 0 Å². The number of nitrogens with zero attached hydrogens (tertiary/aromatic N) is 1. The molecular formula is C22H19N3O6S. The molecule has 1 aliphatic rings. The predicted molar refractivity (Wildman–Crippen MR) is 114 cm³/mol. The van der Waals surface area contributed by atoms with Gasteiger partial charge in [0.1, 0.15) is 11.8 Å². The molecule has 2 N–H and O–H groups in total. The van der Waals surface area contributed by atoms with Crippen molar-refractivity contribution in [2.24, 2.45) is 0 Å². The van der Waals surface area contributed by atoms with Gasteiger partial charge in [-0.05, 0) is 49.4 Å². The molecule has 2 heterocycles. The summed E-state index contributed by atoms with van der Waals surface area (Å²) in [5.41, 5.74) is 0.695. The van der Waals surface area contributed by atoms with Gasteiger partial charge >= 0.3 is 0 Å². The highest BCUT2D eigenvalue weighted by Gasteiger charge is 2.40. The van der Waals surface area contributed by atoms with Crippen LogP contribution in [0.25, 0.3) is 0 Å². The Hall–Kier alpha value is -3.76. The lowest BCUT2D eigenvalue weighted by Crippen LogP contribution is -2.45. The highest BCUT2D eigenvalue weighted by atomic mass is 32.2. The fraction of sp³-hybridized carbons (Fsp3) is 0.136. The maximum Gasteiger partial charge on any atom is 0.262 e. The van der Waals surface area contributed by atoms with Crippen molar-refractivity contribution in [2.75, 3.05) is 5.32 Å². The van der Waals surface area contributed by atoms with E-state index in [4.69, 9.17) is 4.42 Å². The van der Waals surface area contributed by atoms with Crippen molar-refractivity contribution >= 4 is 33.4 Å². The Morgan fingerprint density at radius 3 is 2.31 bits per heavy atom. The second-order valence-electron chi connectivity index (χ2n) is 7.12. The molecule has 0 aliphatic carbocycles. The molecule has 164 valence electrons. The predicted octanol–water partition coefficient (Wildman–Crippen LogP) is 2.38. The number of carbonyl (C=O) groups excluding carboxylic acids is 3. The van der Waals surface area contributed by atoms with E-state index in [9.17, 15) is 22.8 Å². The third-order valence-electron chi connectivity index (χ3n) is 5.02. The van der Waals surface area contributed by atoms with Gasteiger partial charge < -0.3 is 9.73 Å². The van der Waals surface area contributed by atoms with Crippen LogP contribution in [0.15, 0.2) is 76.2 Å². The number of imide groups is 1. The first-order valence-electron chi connectivity index (χ1n) is 9.68. The molecule has 9 nitrogen and oxygen atoms in total. The van der Waals surface area contributed by atoms with Gasteiger partial charge in [0.2, 0.25) is 15.9 Å². The zero-order valence-corrected chi connectivity index (χ0v) is 17.8. The summed E-state index contributed by atoms with van der Waals surface area (Å²) in [5, 5.41) is 2.57. The molecule has 0 bridgehead atoms. The number of nitrogens with one attached hydrogen (secondary N) is 2. The first-order valence-corrected chi connectivity index (χ1v) is 11.2. The molecule has 3 amide bonds. The Bertz CT molecular complexity index is 1270. The van der Waals surface area contributed by atoms with Crippen LogP contribution in [-0.4, -0.2) is 37.1 Å². The number of benzene rings is 2. The molecule has 0 saturated carbocycles.